The number of benzene rings is 2. The number of hydrogen-bond donors (Lipinski definition) is 3. The molecule has 3 rings (SSSR count). The van der Waals surface area contributed by atoms with Gasteiger partial charge in [-0.3, -0.25) is 9.11 Å². The van der Waals surface area contributed by atoms with E-state index >= 15 is 0 Å². The number of carboxylic acids is 1. The molecule has 9 heteroatoms. The third-order valence-corrected chi connectivity index (χ3v) is 8.03. The van der Waals surface area contributed by atoms with Crippen LogP contribution in [0.15, 0.2) is 58.3 Å². The Morgan fingerprint density at radius 3 is 2.44 bits per heavy atom. The number of carboxylic acid groups (broad SMARTS) is 1. The van der Waals surface area contributed by atoms with E-state index in [9.17, 15) is 22.3 Å². The molecule has 0 aromatic heterocycles. The van der Waals surface area contributed by atoms with Crippen molar-refractivity contribution in [1.29, 1.82) is 0 Å². The Bertz CT molecular complexity index is 907. The fourth-order valence-corrected chi connectivity index (χ4v) is 7.23. The Morgan fingerprint density at radius 2 is 1.80 bits per heavy atom. The topological polar surface area (TPSA) is 121 Å². The van der Waals surface area contributed by atoms with Crippen LogP contribution >= 0.6 is 10.6 Å². The molecule has 0 fully saturated rings. The molecule has 0 aliphatic carbocycles. The van der Waals surface area contributed by atoms with Gasteiger partial charge in [0.1, 0.15) is 11.0 Å². The number of sulfone groups is 1. The summed E-state index contributed by atoms with van der Waals surface area (Å²) in [6, 6.07) is 12.0. The summed E-state index contributed by atoms with van der Waals surface area (Å²) in [5.41, 5.74) is 0.118. The SMILES string of the molecule is O=C(O)COc1cccc2c1C(S(=O)(=O)c1ccccc1)CS2(O)O. The van der Waals surface area contributed by atoms with E-state index in [1.54, 1.807) is 18.2 Å². The standard InChI is InChI=1S/C16H16O7S2/c17-15(18)9-23-12-7-4-8-13-16(12)14(10-24(13,19)20)25(21,22)11-5-2-1-3-6-11/h1-8,14,19-20H,9-10H2,(H,17,18). The minimum Gasteiger partial charge on any atom is -0.482 e. The van der Waals surface area contributed by atoms with Gasteiger partial charge in [0.05, 0.1) is 15.5 Å². The van der Waals surface area contributed by atoms with Gasteiger partial charge in [0, 0.05) is 5.56 Å². The Hall–Kier alpha value is -2.07. The lowest BCUT2D eigenvalue weighted by Crippen LogP contribution is -2.17. The molecule has 0 amide bonds. The van der Waals surface area contributed by atoms with E-state index in [0.29, 0.717) is 0 Å². The van der Waals surface area contributed by atoms with E-state index in [1.165, 1.54) is 30.3 Å². The lowest BCUT2D eigenvalue weighted by molar-refractivity contribution is -0.139. The minimum atomic E-state index is -3.91. The highest BCUT2D eigenvalue weighted by molar-refractivity contribution is 8.25. The first-order chi connectivity index (χ1) is 11.7. The molecule has 1 unspecified atom stereocenters. The zero-order chi connectivity index (χ0) is 18.2. The van der Waals surface area contributed by atoms with Crippen molar-refractivity contribution in [3.63, 3.8) is 0 Å². The highest BCUT2D eigenvalue weighted by Gasteiger charge is 2.45. The molecule has 3 N–H and O–H groups in total. The second kappa shape index (κ2) is 6.34. The smallest absolute Gasteiger partial charge is 0.341 e. The van der Waals surface area contributed by atoms with Gasteiger partial charge < -0.3 is 9.84 Å². The molecule has 2 aromatic carbocycles. The van der Waals surface area contributed by atoms with Gasteiger partial charge in [-0.1, -0.05) is 24.3 Å². The largest absolute Gasteiger partial charge is 0.482 e. The van der Waals surface area contributed by atoms with Gasteiger partial charge in [-0.2, -0.15) is 10.6 Å². The maximum Gasteiger partial charge on any atom is 0.341 e. The first-order valence-corrected chi connectivity index (χ1v) is 10.5. The third-order valence-electron chi connectivity index (χ3n) is 3.88. The Balaban J connectivity index is 2.13. The summed E-state index contributed by atoms with van der Waals surface area (Å²) in [6.45, 7) is -0.659. The summed E-state index contributed by atoms with van der Waals surface area (Å²) < 4.78 is 51.8. The van der Waals surface area contributed by atoms with Crippen molar-refractivity contribution in [3.05, 3.63) is 54.1 Å². The lowest BCUT2D eigenvalue weighted by atomic mass is 10.1. The van der Waals surface area contributed by atoms with Crippen molar-refractivity contribution in [3.8, 4) is 5.75 Å². The van der Waals surface area contributed by atoms with Gasteiger partial charge in [0.15, 0.2) is 16.4 Å². The molecule has 1 aliphatic heterocycles. The fraction of sp³-hybridized carbons (Fsp3) is 0.188. The molecule has 2 aromatic rings. The molecule has 1 aliphatic rings. The van der Waals surface area contributed by atoms with Crippen LogP contribution in [0.25, 0.3) is 0 Å². The Morgan fingerprint density at radius 1 is 1.12 bits per heavy atom. The summed E-state index contributed by atoms with van der Waals surface area (Å²) in [5, 5.41) is 7.57. The Kier molecular flexibility index (Phi) is 4.50. The fourth-order valence-electron chi connectivity index (χ4n) is 2.80. The zero-order valence-corrected chi connectivity index (χ0v) is 14.5. The van der Waals surface area contributed by atoms with Crippen LogP contribution in [0.1, 0.15) is 10.8 Å². The Labute approximate surface area is 146 Å². The summed E-state index contributed by atoms with van der Waals surface area (Å²) in [7, 11) is -7.22. The number of carbonyl (C=O) groups is 1. The average molecular weight is 384 g/mol. The highest BCUT2D eigenvalue weighted by Crippen LogP contribution is 2.63. The van der Waals surface area contributed by atoms with Crippen molar-refractivity contribution >= 4 is 26.4 Å². The van der Waals surface area contributed by atoms with Crippen molar-refractivity contribution in [2.24, 2.45) is 0 Å². The molecule has 25 heavy (non-hydrogen) atoms. The second-order valence-electron chi connectivity index (χ2n) is 5.53. The highest BCUT2D eigenvalue weighted by atomic mass is 32.3. The van der Waals surface area contributed by atoms with Crippen LogP contribution in [-0.2, 0) is 14.6 Å². The quantitative estimate of drug-likeness (QED) is 0.725. The molecule has 134 valence electrons. The molecular formula is C16H16O7S2. The number of rotatable bonds is 5. The first kappa shape index (κ1) is 17.7. The normalized spacial score (nSPS) is 19.8. The molecule has 1 atom stereocenters. The molecule has 0 spiro atoms. The van der Waals surface area contributed by atoms with Gasteiger partial charge in [-0.05, 0) is 24.3 Å². The summed E-state index contributed by atoms with van der Waals surface area (Å²) in [4.78, 5) is 10.9. The second-order valence-corrected chi connectivity index (χ2v) is 9.77. The van der Waals surface area contributed by atoms with Gasteiger partial charge in [-0.15, -0.1) is 0 Å². The van der Waals surface area contributed by atoms with E-state index in [-0.39, 0.29) is 26.9 Å². The maximum atomic E-state index is 13.0. The van der Waals surface area contributed by atoms with Gasteiger partial charge >= 0.3 is 5.97 Å². The van der Waals surface area contributed by atoms with E-state index < -0.39 is 38.3 Å². The summed E-state index contributed by atoms with van der Waals surface area (Å²) in [5.74, 6) is -1.57. The van der Waals surface area contributed by atoms with Crippen molar-refractivity contribution in [2.45, 2.75) is 15.0 Å². The molecule has 0 radical (unpaired) electrons. The van der Waals surface area contributed by atoms with E-state index in [0.717, 1.165) is 0 Å². The van der Waals surface area contributed by atoms with Crippen LogP contribution in [-0.4, -0.2) is 41.0 Å². The first-order valence-electron chi connectivity index (χ1n) is 7.26. The maximum absolute atomic E-state index is 13.0. The van der Waals surface area contributed by atoms with Crippen molar-refractivity contribution in [1.82, 2.24) is 0 Å². The molecule has 7 nitrogen and oxygen atoms in total. The predicted molar refractivity (Wildman–Crippen MR) is 91.9 cm³/mol. The lowest BCUT2D eigenvalue weighted by Gasteiger charge is -2.27. The van der Waals surface area contributed by atoms with Gasteiger partial charge in [0.2, 0.25) is 0 Å². The van der Waals surface area contributed by atoms with E-state index in [1.807, 2.05) is 0 Å². The molecule has 0 saturated heterocycles. The molecule has 0 saturated carbocycles. The average Bonchev–Trinajstić information content (AvgIpc) is 2.86. The van der Waals surface area contributed by atoms with Gasteiger partial charge in [-0.25, -0.2) is 13.2 Å². The number of hydrogen-bond acceptors (Lipinski definition) is 6. The van der Waals surface area contributed by atoms with Crippen LogP contribution in [0.5, 0.6) is 5.75 Å². The molecule has 0 bridgehead atoms. The third kappa shape index (κ3) is 3.23. The number of fused-ring (bicyclic) bond motifs is 1. The molecular weight excluding hydrogens is 368 g/mol. The van der Waals surface area contributed by atoms with Crippen molar-refractivity contribution < 1.29 is 32.2 Å². The van der Waals surface area contributed by atoms with Gasteiger partial charge in [0.25, 0.3) is 0 Å². The number of aliphatic carboxylic acids is 1. The van der Waals surface area contributed by atoms with Crippen molar-refractivity contribution in [2.75, 3.05) is 12.4 Å². The van der Waals surface area contributed by atoms with Crippen LogP contribution in [0.4, 0.5) is 0 Å². The van der Waals surface area contributed by atoms with E-state index in [4.69, 9.17) is 9.84 Å². The van der Waals surface area contributed by atoms with Crippen LogP contribution in [0.3, 0.4) is 0 Å². The molecule has 1 heterocycles. The number of ether oxygens (including phenoxy) is 1. The van der Waals surface area contributed by atoms with Crippen LogP contribution in [0.2, 0.25) is 0 Å². The van der Waals surface area contributed by atoms with Crippen LogP contribution in [0, 0.1) is 0 Å². The summed E-state index contributed by atoms with van der Waals surface area (Å²) in [6.07, 6.45) is 0. The minimum absolute atomic E-state index is 0.0295. The van der Waals surface area contributed by atoms with Crippen LogP contribution < -0.4 is 4.74 Å². The zero-order valence-electron chi connectivity index (χ0n) is 12.9. The predicted octanol–water partition coefficient (Wildman–Crippen LogP) is 2.79. The summed E-state index contributed by atoms with van der Waals surface area (Å²) >= 11 is 0. The van der Waals surface area contributed by atoms with E-state index in [2.05, 4.69) is 0 Å². The monoisotopic (exact) mass is 384 g/mol.